The highest BCUT2D eigenvalue weighted by Gasteiger charge is 2.22. The molecule has 1 heteroatoms. The fraction of sp³-hybridized carbons (Fsp3) is 0.467. The second-order valence-electron chi connectivity index (χ2n) is 4.91. The van der Waals surface area contributed by atoms with Crippen molar-refractivity contribution >= 4 is 0 Å². The molecule has 0 spiro atoms. The van der Waals surface area contributed by atoms with Crippen molar-refractivity contribution in [3.63, 3.8) is 0 Å². The quantitative estimate of drug-likeness (QED) is 0.736. The minimum atomic E-state index is 0.465. The summed E-state index contributed by atoms with van der Waals surface area (Å²) >= 11 is 0. The fourth-order valence-electron chi connectivity index (χ4n) is 2.67. The van der Waals surface area contributed by atoms with E-state index in [2.05, 4.69) is 25.6 Å². The number of benzene rings is 1. The molecular weight excluding hydrogens is 196 g/mol. The van der Waals surface area contributed by atoms with Crippen LogP contribution in [0.15, 0.2) is 30.9 Å². The first-order valence-corrected chi connectivity index (χ1v) is 6.12. The van der Waals surface area contributed by atoms with Gasteiger partial charge in [0.1, 0.15) is 5.75 Å². The van der Waals surface area contributed by atoms with Crippen molar-refractivity contribution in [3.8, 4) is 5.75 Å². The van der Waals surface area contributed by atoms with Crippen LogP contribution in [-0.4, -0.2) is 5.11 Å². The molecule has 1 N–H and O–H groups in total. The Labute approximate surface area is 97.8 Å². The minimum Gasteiger partial charge on any atom is -0.508 e. The standard InChI is InChI=1S/C15H20O/c1-3-12-5-7-13(8-6-12)14-10-11(2)4-9-15(14)16/h3-4,9-10,12-13,16H,1,5-8H2,2H3. The number of phenolic OH excluding ortho intramolecular Hbond substituents is 1. The molecule has 0 heterocycles. The minimum absolute atomic E-state index is 0.465. The smallest absolute Gasteiger partial charge is 0.119 e. The van der Waals surface area contributed by atoms with Crippen LogP contribution < -0.4 is 0 Å². The number of allylic oxidation sites excluding steroid dienone is 1. The van der Waals surface area contributed by atoms with Gasteiger partial charge in [0.2, 0.25) is 0 Å². The Morgan fingerprint density at radius 2 is 1.94 bits per heavy atom. The van der Waals surface area contributed by atoms with E-state index in [1.54, 1.807) is 0 Å². The Kier molecular flexibility index (Phi) is 3.33. The highest BCUT2D eigenvalue weighted by Crippen LogP contribution is 2.39. The van der Waals surface area contributed by atoms with Gasteiger partial charge < -0.3 is 5.11 Å². The van der Waals surface area contributed by atoms with E-state index >= 15 is 0 Å². The van der Waals surface area contributed by atoms with Gasteiger partial charge in [-0.05, 0) is 56.1 Å². The van der Waals surface area contributed by atoms with Gasteiger partial charge in [-0.1, -0.05) is 23.8 Å². The SMILES string of the molecule is C=CC1CCC(c2cc(C)ccc2O)CC1. The second-order valence-corrected chi connectivity index (χ2v) is 4.91. The molecule has 1 aliphatic rings. The molecule has 1 aromatic rings. The van der Waals surface area contributed by atoms with E-state index in [-0.39, 0.29) is 0 Å². The molecule has 0 bridgehead atoms. The average molecular weight is 216 g/mol. The number of phenols is 1. The monoisotopic (exact) mass is 216 g/mol. The van der Waals surface area contributed by atoms with Crippen LogP contribution in [0.25, 0.3) is 0 Å². The van der Waals surface area contributed by atoms with E-state index in [9.17, 15) is 5.11 Å². The van der Waals surface area contributed by atoms with Crippen molar-refractivity contribution in [1.82, 2.24) is 0 Å². The maximum atomic E-state index is 9.89. The lowest BCUT2D eigenvalue weighted by Gasteiger charge is -2.27. The molecule has 0 radical (unpaired) electrons. The van der Waals surface area contributed by atoms with Crippen molar-refractivity contribution in [2.75, 3.05) is 0 Å². The fourth-order valence-corrected chi connectivity index (χ4v) is 2.67. The molecule has 1 saturated carbocycles. The largest absolute Gasteiger partial charge is 0.508 e. The lowest BCUT2D eigenvalue weighted by Crippen LogP contribution is -2.11. The average Bonchev–Trinajstić information content (AvgIpc) is 2.32. The van der Waals surface area contributed by atoms with E-state index in [0.717, 1.165) is 5.56 Å². The van der Waals surface area contributed by atoms with Crippen LogP contribution in [0.5, 0.6) is 5.75 Å². The first-order valence-electron chi connectivity index (χ1n) is 6.12. The highest BCUT2D eigenvalue weighted by atomic mass is 16.3. The van der Waals surface area contributed by atoms with E-state index in [4.69, 9.17) is 0 Å². The molecule has 16 heavy (non-hydrogen) atoms. The summed E-state index contributed by atoms with van der Waals surface area (Å²) in [6.45, 7) is 5.95. The van der Waals surface area contributed by atoms with Crippen molar-refractivity contribution in [1.29, 1.82) is 0 Å². The summed E-state index contributed by atoms with van der Waals surface area (Å²) in [6, 6.07) is 5.92. The Balaban J connectivity index is 2.13. The molecule has 2 rings (SSSR count). The normalized spacial score (nSPS) is 25.3. The topological polar surface area (TPSA) is 20.2 Å². The zero-order valence-electron chi connectivity index (χ0n) is 9.95. The first kappa shape index (κ1) is 11.3. The van der Waals surface area contributed by atoms with Gasteiger partial charge in [-0.3, -0.25) is 0 Å². The molecule has 0 amide bonds. The molecule has 0 aliphatic heterocycles. The third kappa shape index (κ3) is 2.29. The Morgan fingerprint density at radius 3 is 2.56 bits per heavy atom. The second kappa shape index (κ2) is 4.73. The van der Waals surface area contributed by atoms with Gasteiger partial charge in [0.05, 0.1) is 0 Å². The lowest BCUT2D eigenvalue weighted by molar-refractivity contribution is 0.365. The van der Waals surface area contributed by atoms with Crippen LogP contribution in [0, 0.1) is 12.8 Å². The summed E-state index contributed by atoms with van der Waals surface area (Å²) in [5.41, 5.74) is 2.38. The van der Waals surface area contributed by atoms with Gasteiger partial charge in [0.25, 0.3) is 0 Å². The Bertz CT molecular complexity index is 373. The van der Waals surface area contributed by atoms with Gasteiger partial charge in [-0.25, -0.2) is 0 Å². The van der Waals surface area contributed by atoms with Crippen LogP contribution in [-0.2, 0) is 0 Å². The molecule has 1 nitrogen and oxygen atoms in total. The summed E-state index contributed by atoms with van der Waals surface area (Å²) in [4.78, 5) is 0. The predicted molar refractivity (Wildman–Crippen MR) is 67.7 cm³/mol. The van der Waals surface area contributed by atoms with Gasteiger partial charge >= 0.3 is 0 Å². The Hall–Kier alpha value is -1.24. The summed E-state index contributed by atoms with van der Waals surface area (Å²) in [5.74, 6) is 1.69. The lowest BCUT2D eigenvalue weighted by atomic mass is 9.78. The number of aromatic hydroxyl groups is 1. The van der Waals surface area contributed by atoms with Gasteiger partial charge in [0.15, 0.2) is 0 Å². The van der Waals surface area contributed by atoms with Crippen LogP contribution in [0.2, 0.25) is 0 Å². The van der Waals surface area contributed by atoms with Crippen LogP contribution in [0.1, 0.15) is 42.7 Å². The number of rotatable bonds is 2. The van der Waals surface area contributed by atoms with E-state index < -0.39 is 0 Å². The molecule has 1 aromatic carbocycles. The third-order valence-electron chi connectivity index (χ3n) is 3.73. The van der Waals surface area contributed by atoms with Crippen LogP contribution in [0.3, 0.4) is 0 Å². The Morgan fingerprint density at radius 1 is 1.25 bits per heavy atom. The van der Waals surface area contributed by atoms with Gasteiger partial charge in [-0.2, -0.15) is 0 Å². The van der Waals surface area contributed by atoms with E-state index in [0.29, 0.717) is 17.6 Å². The summed E-state index contributed by atoms with van der Waals surface area (Å²) in [6.07, 6.45) is 6.84. The number of hydrogen-bond acceptors (Lipinski definition) is 1. The molecule has 0 unspecified atom stereocenters. The maximum absolute atomic E-state index is 9.89. The number of aryl methyl sites for hydroxylation is 1. The van der Waals surface area contributed by atoms with Gasteiger partial charge in [-0.15, -0.1) is 6.58 Å². The summed E-state index contributed by atoms with van der Waals surface area (Å²) in [5, 5.41) is 9.89. The third-order valence-corrected chi connectivity index (χ3v) is 3.73. The zero-order valence-corrected chi connectivity index (χ0v) is 9.95. The molecule has 1 fully saturated rings. The number of hydrogen-bond donors (Lipinski definition) is 1. The molecule has 0 aromatic heterocycles. The zero-order chi connectivity index (χ0) is 11.5. The maximum Gasteiger partial charge on any atom is 0.119 e. The van der Waals surface area contributed by atoms with Crippen molar-refractivity contribution in [2.45, 2.75) is 38.5 Å². The summed E-state index contributed by atoms with van der Waals surface area (Å²) < 4.78 is 0. The molecule has 86 valence electrons. The highest BCUT2D eigenvalue weighted by molar-refractivity contribution is 5.38. The predicted octanol–water partition coefficient (Wildman–Crippen LogP) is 4.16. The van der Waals surface area contributed by atoms with E-state index in [1.807, 2.05) is 12.1 Å². The van der Waals surface area contributed by atoms with Crippen LogP contribution in [0.4, 0.5) is 0 Å². The van der Waals surface area contributed by atoms with Crippen LogP contribution >= 0.6 is 0 Å². The van der Waals surface area contributed by atoms with Crippen molar-refractivity contribution < 1.29 is 5.11 Å². The summed E-state index contributed by atoms with van der Waals surface area (Å²) in [7, 11) is 0. The molecular formula is C15H20O. The van der Waals surface area contributed by atoms with E-state index in [1.165, 1.54) is 31.2 Å². The molecule has 0 saturated heterocycles. The van der Waals surface area contributed by atoms with Crippen molar-refractivity contribution in [3.05, 3.63) is 42.0 Å². The van der Waals surface area contributed by atoms with Gasteiger partial charge in [0, 0.05) is 0 Å². The van der Waals surface area contributed by atoms with Crippen molar-refractivity contribution in [2.24, 2.45) is 5.92 Å². The molecule has 0 atom stereocenters. The molecule has 1 aliphatic carbocycles. The first-order chi connectivity index (χ1) is 7.70.